The third kappa shape index (κ3) is 3.56. The molecule has 1 aliphatic rings. The maximum absolute atomic E-state index is 12.5. The number of carbonyl (C=O) groups excluding carboxylic acids is 1. The number of aryl methyl sites for hydroxylation is 1. The fraction of sp³-hybridized carbons (Fsp3) is 0.500. The molecule has 0 unspecified atom stereocenters. The molecule has 0 bridgehead atoms. The summed E-state index contributed by atoms with van der Waals surface area (Å²) >= 11 is 1.63. The lowest BCUT2D eigenvalue weighted by atomic mass is 10.3. The molecule has 1 fully saturated rings. The maximum atomic E-state index is 12.5. The Balaban J connectivity index is 1.58. The van der Waals surface area contributed by atoms with Crippen LogP contribution in [0.25, 0.3) is 0 Å². The largest absolute Gasteiger partial charge is 0.456 e. The molecular weight excluding hydrogens is 298 g/mol. The van der Waals surface area contributed by atoms with Gasteiger partial charge in [0.15, 0.2) is 5.76 Å². The number of nitrogens with zero attached hydrogens (tertiary/aromatic N) is 3. The highest BCUT2D eigenvalue weighted by molar-refractivity contribution is 7.07. The normalized spacial score (nSPS) is 16.7. The van der Waals surface area contributed by atoms with Gasteiger partial charge in [0.2, 0.25) is 0 Å². The number of hydrogen-bond donors (Lipinski definition) is 0. The van der Waals surface area contributed by atoms with E-state index < -0.39 is 0 Å². The van der Waals surface area contributed by atoms with Crippen LogP contribution in [0.4, 0.5) is 0 Å². The quantitative estimate of drug-likeness (QED) is 0.869. The molecule has 2 aromatic heterocycles. The summed E-state index contributed by atoms with van der Waals surface area (Å²) in [6, 6.07) is 3.68. The van der Waals surface area contributed by atoms with Crippen LogP contribution in [0.5, 0.6) is 0 Å². The van der Waals surface area contributed by atoms with E-state index in [1.807, 2.05) is 23.4 Å². The minimum atomic E-state index is 0.00945. The molecule has 0 N–H and O–H groups in total. The predicted octanol–water partition coefficient (Wildman–Crippen LogP) is 2.65. The number of carbonyl (C=O) groups is 1. The highest BCUT2D eigenvalue weighted by Crippen LogP contribution is 2.14. The molecule has 2 aromatic rings. The first kappa shape index (κ1) is 15.2. The van der Waals surface area contributed by atoms with Gasteiger partial charge in [0.25, 0.3) is 5.91 Å². The summed E-state index contributed by atoms with van der Waals surface area (Å²) in [5.74, 6) is 1.34. The maximum Gasteiger partial charge on any atom is 0.289 e. The molecule has 0 saturated carbocycles. The molecule has 0 spiro atoms. The Bertz CT molecular complexity index is 609. The van der Waals surface area contributed by atoms with E-state index in [-0.39, 0.29) is 5.91 Å². The lowest BCUT2D eigenvalue weighted by Crippen LogP contribution is -2.34. The zero-order valence-electron chi connectivity index (χ0n) is 12.8. The fourth-order valence-corrected chi connectivity index (χ4v) is 3.27. The van der Waals surface area contributed by atoms with E-state index in [2.05, 4.69) is 15.3 Å². The number of amides is 1. The number of thiazole rings is 1. The Morgan fingerprint density at radius 1 is 1.32 bits per heavy atom. The molecule has 0 aromatic carbocycles. The Labute approximate surface area is 134 Å². The van der Waals surface area contributed by atoms with Gasteiger partial charge in [-0.3, -0.25) is 9.69 Å². The van der Waals surface area contributed by atoms with Crippen LogP contribution in [0.2, 0.25) is 0 Å². The van der Waals surface area contributed by atoms with Gasteiger partial charge in [0.1, 0.15) is 5.76 Å². The summed E-state index contributed by atoms with van der Waals surface area (Å²) in [5.41, 5.74) is 2.98. The van der Waals surface area contributed by atoms with Crippen molar-refractivity contribution in [1.29, 1.82) is 0 Å². The second-order valence-electron chi connectivity index (χ2n) is 5.52. The summed E-state index contributed by atoms with van der Waals surface area (Å²) in [4.78, 5) is 21.1. The molecule has 1 saturated heterocycles. The van der Waals surface area contributed by atoms with Gasteiger partial charge in [0, 0.05) is 44.5 Å². The third-order valence-electron chi connectivity index (χ3n) is 3.97. The molecule has 1 amide bonds. The second kappa shape index (κ2) is 7.07. The topological polar surface area (TPSA) is 49.6 Å². The van der Waals surface area contributed by atoms with Crippen molar-refractivity contribution in [2.45, 2.75) is 26.3 Å². The third-order valence-corrected chi connectivity index (χ3v) is 4.60. The smallest absolute Gasteiger partial charge is 0.289 e. The molecule has 1 aliphatic heterocycles. The van der Waals surface area contributed by atoms with Gasteiger partial charge in [-0.15, -0.1) is 11.3 Å². The van der Waals surface area contributed by atoms with E-state index in [9.17, 15) is 4.79 Å². The van der Waals surface area contributed by atoms with Crippen molar-refractivity contribution in [2.24, 2.45) is 0 Å². The van der Waals surface area contributed by atoms with Crippen molar-refractivity contribution in [1.82, 2.24) is 14.8 Å². The van der Waals surface area contributed by atoms with E-state index in [4.69, 9.17) is 4.42 Å². The van der Waals surface area contributed by atoms with Crippen molar-refractivity contribution >= 4 is 17.2 Å². The van der Waals surface area contributed by atoms with Crippen LogP contribution in [0, 0.1) is 0 Å². The van der Waals surface area contributed by atoms with E-state index in [1.165, 1.54) is 0 Å². The molecule has 3 heterocycles. The molecule has 0 atom stereocenters. The Morgan fingerprint density at radius 3 is 2.95 bits per heavy atom. The Kier molecular flexibility index (Phi) is 4.90. The standard InChI is InChI=1S/C16H21N3O2S/c1-2-14-4-5-15(21-14)16(20)19-7-3-6-18(8-9-19)10-13-11-22-12-17-13/h4-5,11-12H,2-3,6-10H2,1H3. The van der Waals surface area contributed by atoms with Gasteiger partial charge in [-0.05, 0) is 18.6 Å². The van der Waals surface area contributed by atoms with Crippen LogP contribution in [0.15, 0.2) is 27.4 Å². The minimum Gasteiger partial charge on any atom is -0.456 e. The fourth-order valence-electron chi connectivity index (χ4n) is 2.72. The van der Waals surface area contributed by atoms with E-state index in [1.54, 1.807) is 17.4 Å². The zero-order chi connectivity index (χ0) is 15.4. The van der Waals surface area contributed by atoms with Crippen LogP contribution in [0.1, 0.15) is 35.4 Å². The lowest BCUT2D eigenvalue weighted by molar-refractivity contribution is 0.0727. The Morgan fingerprint density at radius 2 is 2.23 bits per heavy atom. The molecular formula is C16H21N3O2S. The first-order valence-electron chi connectivity index (χ1n) is 7.73. The number of hydrogen-bond acceptors (Lipinski definition) is 5. The van der Waals surface area contributed by atoms with E-state index >= 15 is 0 Å². The zero-order valence-corrected chi connectivity index (χ0v) is 13.6. The van der Waals surface area contributed by atoms with E-state index in [0.29, 0.717) is 5.76 Å². The van der Waals surface area contributed by atoms with Crippen molar-refractivity contribution in [3.63, 3.8) is 0 Å². The molecule has 0 radical (unpaired) electrons. The summed E-state index contributed by atoms with van der Waals surface area (Å²) in [6.07, 6.45) is 1.80. The summed E-state index contributed by atoms with van der Waals surface area (Å²) < 4.78 is 5.59. The average Bonchev–Trinajstić information content (AvgIpc) is 3.15. The summed E-state index contributed by atoms with van der Waals surface area (Å²) in [5, 5.41) is 2.09. The summed E-state index contributed by atoms with van der Waals surface area (Å²) in [6.45, 7) is 6.30. The molecule has 5 nitrogen and oxygen atoms in total. The van der Waals surface area contributed by atoms with Crippen molar-refractivity contribution in [3.8, 4) is 0 Å². The van der Waals surface area contributed by atoms with Gasteiger partial charge in [-0.2, -0.15) is 0 Å². The van der Waals surface area contributed by atoms with Crippen molar-refractivity contribution in [3.05, 3.63) is 40.2 Å². The SMILES string of the molecule is CCc1ccc(C(=O)N2CCCN(Cc3cscn3)CC2)o1. The predicted molar refractivity (Wildman–Crippen MR) is 86.0 cm³/mol. The van der Waals surface area contributed by atoms with Gasteiger partial charge < -0.3 is 9.32 Å². The summed E-state index contributed by atoms with van der Waals surface area (Å²) in [7, 11) is 0. The first-order valence-corrected chi connectivity index (χ1v) is 8.68. The second-order valence-corrected chi connectivity index (χ2v) is 6.24. The Hall–Kier alpha value is -1.66. The van der Waals surface area contributed by atoms with Crippen LogP contribution < -0.4 is 0 Å². The highest BCUT2D eigenvalue weighted by Gasteiger charge is 2.22. The lowest BCUT2D eigenvalue weighted by Gasteiger charge is -2.20. The van der Waals surface area contributed by atoms with Crippen LogP contribution >= 0.6 is 11.3 Å². The molecule has 22 heavy (non-hydrogen) atoms. The van der Waals surface area contributed by atoms with Crippen LogP contribution in [0.3, 0.4) is 0 Å². The first-order chi connectivity index (χ1) is 10.8. The van der Waals surface area contributed by atoms with Gasteiger partial charge in [-0.1, -0.05) is 6.92 Å². The van der Waals surface area contributed by atoms with Gasteiger partial charge in [0.05, 0.1) is 11.2 Å². The monoisotopic (exact) mass is 319 g/mol. The van der Waals surface area contributed by atoms with Crippen LogP contribution in [-0.4, -0.2) is 46.9 Å². The number of aromatic nitrogens is 1. The van der Waals surface area contributed by atoms with E-state index in [0.717, 1.165) is 57.0 Å². The number of furan rings is 1. The molecule has 0 aliphatic carbocycles. The minimum absolute atomic E-state index is 0.00945. The molecule has 118 valence electrons. The van der Waals surface area contributed by atoms with Crippen LogP contribution in [-0.2, 0) is 13.0 Å². The van der Waals surface area contributed by atoms with Gasteiger partial charge in [-0.25, -0.2) is 4.98 Å². The average molecular weight is 319 g/mol. The van der Waals surface area contributed by atoms with Crippen molar-refractivity contribution < 1.29 is 9.21 Å². The highest BCUT2D eigenvalue weighted by atomic mass is 32.1. The van der Waals surface area contributed by atoms with Crippen molar-refractivity contribution in [2.75, 3.05) is 26.2 Å². The van der Waals surface area contributed by atoms with Gasteiger partial charge >= 0.3 is 0 Å². The number of rotatable bonds is 4. The molecule has 6 heteroatoms. The molecule has 3 rings (SSSR count).